The number of primary amides is 1. The van der Waals surface area contributed by atoms with Crippen LogP contribution >= 0.6 is 11.6 Å². The normalized spacial score (nSPS) is 11.3. The fraction of sp³-hybridized carbons (Fsp3) is 0.545. The molecule has 7 heteroatoms. The van der Waals surface area contributed by atoms with E-state index < -0.39 is 5.54 Å². The van der Waals surface area contributed by atoms with Gasteiger partial charge in [-0.3, -0.25) is 4.79 Å². The van der Waals surface area contributed by atoms with E-state index in [2.05, 4.69) is 15.3 Å². The average molecular weight is 273 g/mol. The van der Waals surface area contributed by atoms with Gasteiger partial charge < -0.3 is 15.8 Å². The topological polar surface area (TPSA) is 90.1 Å². The summed E-state index contributed by atoms with van der Waals surface area (Å²) in [4.78, 5) is 19.2. The SMILES string of the molecule is COCc1nc(Cl)cc(NC(C)(C)CC(N)=O)n1. The molecule has 0 radical (unpaired) electrons. The molecule has 0 aliphatic carbocycles. The van der Waals surface area contributed by atoms with Crippen molar-refractivity contribution in [1.29, 1.82) is 0 Å². The van der Waals surface area contributed by atoms with Gasteiger partial charge in [-0.05, 0) is 13.8 Å². The molecule has 0 bridgehead atoms. The lowest BCUT2D eigenvalue weighted by molar-refractivity contribution is -0.118. The molecule has 18 heavy (non-hydrogen) atoms. The van der Waals surface area contributed by atoms with Crippen molar-refractivity contribution in [1.82, 2.24) is 9.97 Å². The molecule has 0 aliphatic rings. The zero-order chi connectivity index (χ0) is 13.8. The van der Waals surface area contributed by atoms with Gasteiger partial charge in [0.15, 0.2) is 5.82 Å². The molecule has 3 N–H and O–H groups in total. The van der Waals surface area contributed by atoms with Crippen molar-refractivity contribution in [2.45, 2.75) is 32.4 Å². The summed E-state index contributed by atoms with van der Waals surface area (Å²) in [6.07, 6.45) is 0.189. The van der Waals surface area contributed by atoms with Gasteiger partial charge in [0.2, 0.25) is 5.91 Å². The third-order valence-corrected chi connectivity index (χ3v) is 2.29. The molecule has 0 fully saturated rings. The Morgan fingerprint density at radius 2 is 2.22 bits per heavy atom. The van der Waals surface area contributed by atoms with Crippen LogP contribution in [0.2, 0.25) is 5.15 Å². The van der Waals surface area contributed by atoms with Crippen LogP contribution in [-0.2, 0) is 16.1 Å². The predicted molar refractivity (Wildman–Crippen MR) is 69.3 cm³/mol. The van der Waals surface area contributed by atoms with Gasteiger partial charge in [-0.2, -0.15) is 0 Å². The molecule has 1 amide bonds. The van der Waals surface area contributed by atoms with Crippen LogP contribution < -0.4 is 11.1 Å². The summed E-state index contributed by atoms with van der Waals surface area (Å²) < 4.78 is 4.95. The zero-order valence-electron chi connectivity index (χ0n) is 10.7. The lowest BCUT2D eigenvalue weighted by Gasteiger charge is -2.25. The van der Waals surface area contributed by atoms with Gasteiger partial charge in [-0.1, -0.05) is 11.6 Å². The lowest BCUT2D eigenvalue weighted by atomic mass is 10.0. The van der Waals surface area contributed by atoms with Gasteiger partial charge in [0, 0.05) is 25.1 Å². The van der Waals surface area contributed by atoms with E-state index in [-0.39, 0.29) is 18.9 Å². The van der Waals surface area contributed by atoms with Crippen LogP contribution in [0.15, 0.2) is 6.07 Å². The van der Waals surface area contributed by atoms with E-state index in [4.69, 9.17) is 22.1 Å². The number of amides is 1. The number of nitrogens with one attached hydrogen (secondary N) is 1. The summed E-state index contributed by atoms with van der Waals surface area (Å²) in [5.41, 5.74) is 4.68. The standard InChI is InChI=1S/C11H17ClN4O2/c1-11(2,5-8(13)17)16-9-4-7(12)14-10(15-9)6-18-3/h4H,5-6H2,1-3H3,(H2,13,17)(H,14,15,16). The predicted octanol–water partition coefficient (Wildman–Crippen LogP) is 1.34. The first kappa shape index (κ1) is 14.7. The Balaban J connectivity index is 2.86. The Morgan fingerprint density at radius 1 is 1.56 bits per heavy atom. The minimum absolute atomic E-state index is 0.189. The lowest BCUT2D eigenvalue weighted by Crippen LogP contribution is -2.36. The van der Waals surface area contributed by atoms with Crippen molar-refractivity contribution in [3.63, 3.8) is 0 Å². The molecule has 6 nitrogen and oxygen atoms in total. The van der Waals surface area contributed by atoms with Crippen LogP contribution in [0.1, 0.15) is 26.1 Å². The molecular formula is C11H17ClN4O2. The van der Waals surface area contributed by atoms with E-state index in [9.17, 15) is 4.79 Å². The maximum atomic E-state index is 10.9. The minimum Gasteiger partial charge on any atom is -0.377 e. The van der Waals surface area contributed by atoms with E-state index >= 15 is 0 Å². The highest BCUT2D eigenvalue weighted by Crippen LogP contribution is 2.19. The highest BCUT2D eigenvalue weighted by atomic mass is 35.5. The average Bonchev–Trinajstić information content (AvgIpc) is 2.12. The van der Waals surface area contributed by atoms with Crippen molar-refractivity contribution >= 4 is 23.3 Å². The molecule has 1 heterocycles. The molecule has 0 saturated heterocycles. The van der Waals surface area contributed by atoms with Gasteiger partial charge in [0.1, 0.15) is 17.6 Å². The summed E-state index contributed by atoms with van der Waals surface area (Å²) in [5, 5.41) is 3.41. The Morgan fingerprint density at radius 3 is 2.78 bits per heavy atom. The highest BCUT2D eigenvalue weighted by Gasteiger charge is 2.21. The van der Waals surface area contributed by atoms with Gasteiger partial charge >= 0.3 is 0 Å². The van der Waals surface area contributed by atoms with Crippen molar-refractivity contribution in [2.75, 3.05) is 12.4 Å². The molecule has 0 aromatic carbocycles. The second-order valence-corrected chi connectivity index (χ2v) is 4.96. The number of carbonyl (C=O) groups excluding carboxylic acids is 1. The first-order chi connectivity index (χ1) is 8.32. The second kappa shape index (κ2) is 5.97. The summed E-state index contributed by atoms with van der Waals surface area (Å²) in [6.45, 7) is 3.97. The van der Waals surface area contributed by atoms with E-state index in [0.717, 1.165) is 0 Å². The molecule has 0 aliphatic heterocycles. The van der Waals surface area contributed by atoms with E-state index in [1.807, 2.05) is 13.8 Å². The van der Waals surface area contributed by atoms with Gasteiger partial charge in [0.05, 0.1) is 0 Å². The Labute approximate surface area is 111 Å². The fourth-order valence-corrected chi connectivity index (χ4v) is 1.75. The number of methoxy groups -OCH3 is 1. The first-order valence-corrected chi connectivity index (χ1v) is 5.79. The summed E-state index contributed by atoms with van der Waals surface area (Å²) >= 11 is 5.88. The number of rotatable bonds is 6. The maximum absolute atomic E-state index is 10.9. The number of hydrogen-bond acceptors (Lipinski definition) is 5. The highest BCUT2D eigenvalue weighted by molar-refractivity contribution is 6.29. The fourth-order valence-electron chi connectivity index (χ4n) is 1.55. The monoisotopic (exact) mass is 272 g/mol. The van der Waals surface area contributed by atoms with E-state index in [0.29, 0.717) is 16.8 Å². The third-order valence-electron chi connectivity index (χ3n) is 2.10. The van der Waals surface area contributed by atoms with Crippen LogP contribution in [0, 0.1) is 0 Å². The number of halogens is 1. The quantitative estimate of drug-likeness (QED) is 0.763. The Bertz CT molecular complexity index is 437. The minimum atomic E-state index is -0.506. The van der Waals surface area contributed by atoms with Gasteiger partial charge in [0.25, 0.3) is 0 Å². The molecule has 1 aromatic heterocycles. The summed E-state index contributed by atoms with van der Waals surface area (Å²) in [7, 11) is 1.55. The number of nitrogens with zero attached hydrogens (tertiary/aromatic N) is 2. The smallest absolute Gasteiger partial charge is 0.219 e. The Kier molecular flexibility index (Phi) is 4.86. The number of nitrogens with two attached hydrogens (primary N) is 1. The molecule has 0 unspecified atom stereocenters. The van der Waals surface area contributed by atoms with E-state index in [1.165, 1.54) is 0 Å². The van der Waals surface area contributed by atoms with Crippen molar-refractivity contribution in [2.24, 2.45) is 5.73 Å². The van der Waals surface area contributed by atoms with Crippen molar-refractivity contribution in [3.05, 3.63) is 17.0 Å². The van der Waals surface area contributed by atoms with Crippen molar-refractivity contribution in [3.8, 4) is 0 Å². The molecule has 0 saturated carbocycles. The zero-order valence-corrected chi connectivity index (χ0v) is 11.4. The summed E-state index contributed by atoms with van der Waals surface area (Å²) in [5.74, 6) is 0.625. The number of anilines is 1. The van der Waals surface area contributed by atoms with Gasteiger partial charge in [-0.15, -0.1) is 0 Å². The number of hydrogen-bond donors (Lipinski definition) is 2. The molecule has 100 valence electrons. The number of ether oxygens (including phenoxy) is 1. The molecule has 0 spiro atoms. The molecule has 1 aromatic rings. The van der Waals surface area contributed by atoms with Crippen molar-refractivity contribution < 1.29 is 9.53 Å². The third kappa shape index (κ3) is 4.85. The molecular weight excluding hydrogens is 256 g/mol. The first-order valence-electron chi connectivity index (χ1n) is 5.41. The maximum Gasteiger partial charge on any atom is 0.219 e. The van der Waals surface area contributed by atoms with E-state index in [1.54, 1.807) is 13.2 Å². The van der Waals surface area contributed by atoms with Crippen LogP contribution in [0.4, 0.5) is 5.82 Å². The van der Waals surface area contributed by atoms with Gasteiger partial charge in [-0.25, -0.2) is 9.97 Å². The largest absolute Gasteiger partial charge is 0.377 e. The van der Waals surface area contributed by atoms with Crippen LogP contribution in [0.5, 0.6) is 0 Å². The molecule has 0 atom stereocenters. The molecule has 1 rings (SSSR count). The summed E-state index contributed by atoms with van der Waals surface area (Å²) in [6, 6.07) is 1.59. The van der Waals surface area contributed by atoms with Crippen LogP contribution in [0.25, 0.3) is 0 Å². The second-order valence-electron chi connectivity index (χ2n) is 4.58. The Hall–Kier alpha value is -1.40. The van der Waals surface area contributed by atoms with Crippen LogP contribution in [0.3, 0.4) is 0 Å². The number of carbonyl (C=O) groups is 1. The number of aromatic nitrogens is 2. The van der Waals surface area contributed by atoms with Crippen LogP contribution in [-0.4, -0.2) is 28.5 Å².